The minimum atomic E-state index is -0.732. The third-order valence-corrected chi connectivity index (χ3v) is 6.86. The summed E-state index contributed by atoms with van der Waals surface area (Å²) in [5, 5.41) is 3.91. The van der Waals surface area contributed by atoms with Crippen LogP contribution in [0, 0.1) is 0 Å². The number of benzene rings is 3. The van der Waals surface area contributed by atoms with E-state index in [1.807, 2.05) is 48.2 Å². The number of anilines is 2. The molecular formula is C29H30ClN3O4S. The number of hydrogen-bond donors (Lipinski definition) is 1. The van der Waals surface area contributed by atoms with Gasteiger partial charge in [-0.25, -0.2) is 0 Å². The Morgan fingerprint density at radius 2 is 1.66 bits per heavy atom. The number of ether oxygens (including phenoxy) is 2. The Balaban J connectivity index is 1.50. The van der Waals surface area contributed by atoms with E-state index in [1.165, 1.54) is 4.90 Å². The third kappa shape index (κ3) is 6.62. The number of hydrogen-bond acceptors (Lipinski definition) is 5. The lowest BCUT2D eigenvalue weighted by atomic mass is 10.1. The molecule has 3 aromatic rings. The normalized spacial score (nSPS) is 15.1. The molecule has 1 unspecified atom stereocenters. The molecule has 0 radical (unpaired) electrons. The van der Waals surface area contributed by atoms with E-state index in [2.05, 4.69) is 5.32 Å². The first-order valence-corrected chi connectivity index (χ1v) is 13.2. The van der Waals surface area contributed by atoms with Gasteiger partial charge in [-0.2, -0.15) is 0 Å². The van der Waals surface area contributed by atoms with Crippen molar-refractivity contribution in [2.45, 2.75) is 32.2 Å². The van der Waals surface area contributed by atoms with Crippen LogP contribution in [0.4, 0.5) is 11.4 Å². The molecule has 4 rings (SSSR count). The highest BCUT2D eigenvalue weighted by molar-refractivity contribution is 7.80. The topological polar surface area (TPSA) is 71.1 Å². The number of carbonyl (C=O) groups is 2. The Bertz CT molecular complexity index is 1270. The van der Waals surface area contributed by atoms with Gasteiger partial charge in [0.25, 0.3) is 5.91 Å². The van der Waals surface area contributed by atoms with E-state index in [0.29, 0.717) is 46.8 Å². The molecular weight excluding hydrogens is 522 g/mol. The summed E-state index contributed by atoms with van der Waals surface area (Å²) in [5.74, 6) is 0.897. The molecule has 1 atom stereocenters. The zero-order valence-electron chi connectivity index (χ0n) is 21.4. The molecule has 1 aliphatic heterocycles. The van der Waals surface area contributed by atoms with Gasteiger partial charge in [-0.3, -0.25) is 14.5 Å². The third-order valence-electron chi connectivity index (χ3n) is 6.19. The van der Waals surface area contributed by atoms with Crippen LogP contribution < -0.4 is 19.7 Å². The maximum absolute atomic E-state index is 13.6. The van der Waals surface area contributed by atoms with Crippen LogP contribution in [0.15, 0.2) is 72.8 Å². The van der Waals surface area contributed by atoms with Crippen molar-refractivity contribution in [3.63, 3.8) is 0 Å². The fourth-order valence-corrected chi connectivity index (χ4v) is 4.74. The second-order valence-electron chi connectivity index (χ2n) is 8.87. The lowest BCUT2D eigenvalue weighted by Crippen LogP contribution is -2.39. The first-order chi connectivity index (χ1) is 18.4. The number of nitrogens with one attached hydrogen (secondary N) is 1. The monoisotopic (exact) mass is 551 g/mol. The van der Waals surface area contributed by atoms with Gasteiger partial charge in [0.15, 0.2) is 5.11 Å². The summed E-state index contributed by atoms with van der Waals surface area (Å²) in [6.07, 6.45) is 1.51. The molecule has 1 fully saturated rings. The van der Waals surface area contributed by atoms with Crippen LogP contribution >= 0.6 is 23.8 Å². The van der Waals surface area contributed by atoms with Gasteiger partial charge < -0.3 is 19.7 Å². The summed E-state index contributed by atoms with van der Waals surface area (Å²) in [7, 11) is 1.58. The quantitative estimate of drug-likeness (QED) is 0.308. The summed E-state index contributed by atoms with van der Waals surface area (Å²) in [6.45, 7) is 3.14. The highest BCUT2D eigenvalue weighted by atomic mass is 35.5. The number of nitrogens with zero attached hydrogens (tertiary/aromatic N) is 2. The maximum Gasteiger partial charge on any atom is 0.256 e. The fraction of sp³-hybridized carbons (Fsp3) is 0.276. The van der Waals surface area contributed by atoms with Crippen molar-refractivity contribution in [1.29, 1.82) is 0 Å². The maximum atomic E-state index is 13.6. The van der Waals surface area contributed by atoms with Gasteiger partial charge in [0.05, 0.1) is 25.8 Å². The summed E-state index contributed by atoms with van der Waals surface area (Å²) in [4.78, 5) is 30.0. The summed E-state index contributed by atoms with van der Waals surface area (Å²) >= 11 is 11.8. The lowest BCUT2D eigenvalue weighted by molar-refractivity contribution is -0.124. The minimum absolute atomic E-state index is 0.0413. The molecule has 9 heteroatoms. The zero-order valence-corrected chi connectivity index (χ0v) is 22.9. The van der Waals surface area contributed by atoms with E-state index in [9.17, 15) is 9.59 Å². The Morgan fingerprint density at radius 1 is 1.00 bits per heavy atom. The van der Waals surface area contributed by atoms with E-state index in [0.717, 1.165) is 17.7 Å². The SMILES string of the molecule is CCCOc1ccc(NC(=O)CC2C(=O)N(c3ccc(OC)cc3)C(=S)N2CCc2ccc(Cl)cc2)cc1. The van der Waals surface area contributed by atoms with Crippen molar-refractivity contribution in [2.24, 2.45) is 0 Å². The van der Waals surface area contributed by atoms with Gasteiger partial charge in [0, 0.05) is 17.3 Å². The van der Waals surface area contributed by atoms with Gasteiger partial charge in [-0.1, -0.05) is 30.7 Å². The molecule has 3 aromatic carbocycles. The number of amides is 2. The van der Waals surface area contributed by atoms with Crippen LogP contribution in [0.25, 0.3) is 0 Å². The minimum Gasteiger partial charge on any atom is -0.497 e. The molecule has 38 heavy (non-hydrogen) atoms. The number of thiocarbonyl (C=S) groups is 1. The van der Waals surface area contributed by atoms with Crippen molar-refractivity contribution < 1.29 is 19.1 Å². The molecule has 2 amide bonds. The van der Waals surface area contributed by atoms with Gasteiger partial charge >= 0.3 is 0 Å². The first-order valence-electron chi connectivity index (χ1n) is 12.5. The number of methoxy groups -OCH3 is 1. The fourth-order valence-electron chi connectivity index (χ4n) is 4.20. The van der Waals surface area contributed by atoms with E-state index >= 15 is 0 Å². The second kappa shape index (κ2) is 12.8. The predicted molar refractivity (Wildman–Crippen MR) is 154 cm³/mol. The summed E-state index contributed by atoms with van der Waals surface area (Å²) in [5.41, 5.74) is 2.32. The molecule has 1 saturated heterocycles. The van der Waals surface area contributed by atoms with Crippen LogP contribution in [0.5, 0.6) is 11.5 Å². The van der Waals surface area contributed by atoms with E-state index < -0.39 is 6.04 Å². The predicted octanol–water partition coefficient (Wildman–Crippen LogP) is 5.71. The molecule has 1 aliphatic rings. The molecule has 1 heterocycles. The molecule has 0 saturated carbocycles. The van der Waals surface area contributed by atoms with Crippen LogP contribution in [0.2, 0.25) is 5.02 Å². The van der Waals surface area contributed by atoms with Crippen molar-refractivity contribution in [1.82, 2.24) is 4.90 Å². The summed E-state index contributed by atoms with van der Waals surface area (Å²) in [6, 6.07) is 21.1. The van der Waals surface area contributed by atoms with Gasteiger partial charge in [0.1, 0.15) is 17.5 Å². The van der Waals surface area contributed by atoms with Gasteiger partial charge in [-0.15, -0.1) is 0 Å². The number of carbonyl (C=O) groups excluding carboxylic acids is 2. The van der Waals surface area contributed by atoms with Gasteiger partial charge in [0.2, 0.25) is 5.91 Å². The standard InChI is InChI=1S/C29H30ClN3O4S/c1-3-18-37-25-12-8-22(9-13-25)31-27(34)19-26-28(35)33(23-10-14-24(36-2)15-11-23)29(38)32(26)17-16-20-4-6-21(30)7-5-20/h4-15,26H,3,16-19H2,1-2H3,(H,31,34). The molecule has 0 spiro atoms. The van der Waals surface area contributed by atoms with Crippen LogP contribution in [-0.2, 0) is 16.0 Å². The smallest absolute Gasteiger partial charge is 0.256 e. The molecule has 198 valence electrons. The zero-order chi connectivity index (χ0) is 27.1. The Hall–Kier alpha value is -3.62. The number of rotatable bonds is 11. The van der Waals surface area contributed by atoms with Crippen LogP contribution in [-0.4, -0.2) is 48.1 Å². The van der Waals surface area contributed by atoms with E-state index in [1.54, 1.807) is 43.5 Å². The molecule has 0 aliphatic carbocycles. The van der Waals surface area contributed by atoms with Crippen LogP contribution in [0.1, 0.15) is 25.3 Å². The van der Waals surface area contributed by atoms with Gasteiger partial charge in [-0.05, 0) is 91.3 Å². The first kappa shape index (κ1) is 27.4. The van der Waals surface area contributed by atoms with Crippen molar-refractivity contribution in [2.75, 3.05) is 30.5 Å². The van der Waals surface area contributed by atoms with Crippen molar-refractivity contribution in [3.05, 3.63) is 83.4 Å². The van der Waals surface area contributed by atoms with Crippen molar-refractivity contribution >= 4 is 52.1 Å². The Morgan fingerprint density at radius 3 is 2.29 bits per heavy atom. The largest absolute Gasteiger partial charge is 0.497 e. The Labute approximate surface area is 233 Å². The highest BCUT2D eigenvalue weighted by Gasteiger charge is 2.43. The van der Waals surface area contributed by atoms with E-state index in [-0.39, 0.29) is 18.2 Å². The average Bonchev–Trinajstić information content (AvgIpc) is 3.16. The second-order valence-corrected chi connectivity index (χ2v) is 9.67. The van der Waals surface area contributed by atoms with Crippen LogP contribution in [0.3, 0.4) is 0 Å². The molecule has 1 N–H and O–H groups in total. The molecule has 0 aromatic heterocycles. The Kier molecular flexibility index (Phi) is 9.20. The number of halogens is 1. The highest BCUT2D eigenvalue weighted by Crippen LogP contribution is 2.29. The van der Waals surface area contributed by atoms with Crippen molar-refractivity contribution in [3.8, 4) is 11.5 Å². The lowest BCUT2D eigenvalue weighted by Gasteiger charge is -2.24. The molecule has 0 bridgehead atoms. The molecule has 7 nitrogen and oxygen atoms in total. The van der Waals surface area contributed by atoms with E-state index in [4.69, 9.17) is 33.3 Å². The average molecular weight is 552 g/mol. The summed E-state index contributed by atoms with van der Waals surface area (Å²) < 4.78 is 10.8.